The topological polar surface area (TPSA) is 151 Å². The number of aliphatic carboxylic acids is 1. The predicted molar refractivity (Wildman–Crippen MR) is 64.9 cm³/mol. The van der Waals surface area contributed by atoms with Crippen molar-refractivity contribution in [2.75, 3.05) is 19.6 Å². The number of rotatable bonds is 7. The molecule has 6 N–H and O–H groups in total. The minimum atomic E-state index is -1.42. The van der Waals surface area contributed by atoms with Crippen molar-refractivity contribution < 1.29 is 24.3 Å². The molecule has 0 aromatic heterocycles. The van der Waals surface area contributed by atoms with Gasteiger partial charge < -0.3 is 26.8 Å². The standard InChI is InChI=1S/C10H18N4O5/c1-10(2,9(18)19)14-8(17)5-13-7(16)4-12-6(15)3-11/h3-5,11H2,1-2H3,(H,12,15)(H,13,16)(H,14,17)(H,18,19). The van der Waals surface area contributed by atoms with Gasteiger partial charge in [-0.25, -0.2) is 4.79 Å². The van der Waals surface area contributed by atoms with Gasteiger partial charge in [0.1, 0.15) is 5.54 Å². The monoisotopic (exact) mass is 274 g/mol. The molecule has 0 aromatic rings. The molecule has 3 amide bonds. The molecular formula is C10H18N4O5. The van der Waals surface area contributed by atoms with Crippen molar-refractivity contribution in [2.45, 2.75) is 19.4 Å². The third-order valence-electron chi connectivity index (χ3n) is 2.06. The summed E-state index contributed by atoms with van der Waals surface area (Å²) < 4.78 is 0. The third kappa shape index (κ3) is 6.99. The van der Waals surface area contributed by atoms with Crippen molar-refractivity contribution in [2.24, 2.45) is 5.73 Å². The Morgan fingerprint density at radius 3 is 1.95 bits per heavy atom. The van der Waals surface area contributed by atoms with Crippen LogP contribution in [0, 0.1) is 0 Å². The van der Waals surface area contributed by atoms with Gasteiger partial charge in [0, 0.05) is 0 Å². The van der Waals surface area contributed by atoms with Gasteiger partial charge in [0.2, 0.25) is 17.7 Å². The highest BCUT2D eigenvalue weighted by Crippen LogP contribution is 2.00. The molecule has 0 aromatic carbocycles. The van der Waals surface area contributed by atoms with Crippen molar-refractivity contribution in [3.05, 3.63) is 0 Å². The highest BCUT2D eigenvalue weighted by molar-refractivity contribution is 5.91. The van der Waals surface area contributed by atoms with Crippen LogP contribution in [0.3, 0.4) is 0 Å². The zero-order valence-electron chi connectivity index (χ0n) is 10.8. The maximum Gasteiger partial charge on any atom is 0.328 e. The van der Waals surface area contributed by atoms with Gasteiger partial charge in [-0.3, -0.25) is 14.4 Å². The van der Waals surface area contributed by atoms with Crippen LogP contribution in [0.5, 0.6) is 0 Å². The SMILES string of the molecule is CC(C)(NC(=O)CNC(=O)CNC(=O)CN)C(=O)O. The second-order valence-corrected chi connectivity index (χ2v) is 4.24. The van der Waals surface area contributed by atoms with E-state index in [1.54, 1.807) is 0 Å². The Labute approximate surface area is 109 Å². The van der Waals surface area contributed by atoms with Gasteiger partial charge in [-0.15, -0.1) is 0 Å². The average Bonchev–Trinajstić information content (AvgIpc) is 2.32. The molecule has 0 aliphatic heterocycles. The predicted octanol–water partition coefficient (Wildman–Crippen LogP) is -2.84. The zero-order chi connectivity index (χ0) is 15.1. The Morgan fingerprint density at radius 2 is 1.47 bits per heavy atom. The quantitative estimate of drug-likeness (QED) is 0.337. The van der Waals surface area contributed by atoms with E-state index in [1.165, 1.54) is 13.8 Å². The van der Waals surface area contributed by atoms with Crippen LogP contribution in [0.1, 0.15) is 13.8 Å². The molecule has 0 radical (unpaired) electrons. The fourth-order valence-electron chi connectivity index (χ4n) is 0.939. The smallest absolute Gasteiger partial charge is 0.328 e. The summed E-state index contributed by atoms with van der Waals surface area (Å²) in [5.74, 6) is -2.91. The molecule has 108 valence electrons. The van der Waals surface area contributed by atoms with Gasteiger partial charge in [-0.2, -0.15) is 0 Å². The molecular weight excluding hydrogens is 256 g/mol. The lowest BCUT2D eigenvalue weighted by atomic mass is 10.1. The molecule has 0 atom stereocenters. The van der Waals surface area contributed by atoms with E-state index in [0.29, 0.717) is 0 Å². The van der Waals surface area contributed by atoms with E-state index in [-0.39, 0.29) is 19.6 Å². The van der Waals surface area contributed by atoms with Crippen LogP contribution in [-0.2, 0) is 19.2 Å². The summed E-state index contributed by atoms with van der Waals surface area (Å²) in [6, 6.07) is 0. The molecule has 0 aliphatic rings. The number of carboxylic acids is 1. The zero-order valence-corrected chi connectivity index (χ0v) is 10.8. The number of amides is 3. The van der Waals surface area contributed by atoms with Crippen molar-refractivity contribution in [3.8, 4) is 0 Å². The lowest BCUT2D eigenvalue weighted by molar-refractivity contribution is -0.145. The van der Waals surface area contributed by atoms with Gasteiger partial charge in [0.25, 0.3) is 0 Å². The minimum absolute atomic E-state index is 0.236. The molecule has 9 nitrogen and oxygen atoms in total. The summed E-state index contributed by atoms with van der Waals surface area (Å²) in [4.78, 5) is 44.1. The molecule has 0 bridgehead atoms. The van der Waals surface area contributed by atoms with Crippen LogP contribution >= 0.6 is 0 Å². The van der Waals surface area contributed by atoms with E-state index in [0.717, 1.165) is 0 Å². The molecule has 0 saturated carbocycles. The largest absolute Gasteiger partial charge is 0.480 e. The summed E-state index contributed by atoms with van der Waals surface area (Å²) in [6.45, 7) is 1.72. The Balaban J connectivity index is 4.00. The third-order valence-corrected chi connectivity index (χ3v) is 2.06. The van der Waals surface area contributed by atoms with E-state index in [1.807, 2.05) is 0 Å². The molecule has 0 fully saturated rings. The van der Waals surface area contributed by atoms with Gasteiger partial charge in [0.05, 0.1) is 19.6 Å². The first-order valence-corrected chi connectivity index (χ1v) is 5.47. The van der Waals surface area contributed by atoms with Gasteiger partial charge in [-0.1, -0.05) is 0 Å². The average molecular weight is 274 g/mol. The van der Waals surface area contributed by atoms with Crippen LogP contribution in [-0.4, -0.2) is 54.0 Å². The van der Waals surface area contributed by atoms with E-state index < -0.39 is 29.2 Å². The molecule has 0 unspecified atom stereocenters. The van der Waals surface area contributed by atoms with Crippen LogP contribution in [0.2, 0.25) is 0 Å². The number of carbonyl (C=O) groups excluding carboxylic acids is 3. The molecule has 0 aliphatic carbocycles. The molecule has 9 heteroatoms. The number of carboxylic acid groups (broad SMARTS) is 1. The fraction of sp³-hybridized carbons (Fsp3) is 0.600. The summed E-state index contributed by atoms with van der Waals surface area (Å²) in [6.07, 6.45) is 0. The normalized spacial score (nSPS) is 10.5. The second-order valence-electron chi connectivity index (χ2n) is 4.24. The first-order valence-electron chi connectivity index (χ1n) is 5.47. The molecule has 0 spiro atoms. The first-order chi connectivity index (χ1) is 8.69. The summed E-state index contributed by atoms with van der Waals surface area (Å²) in [5, 5.41) is 15.4. The lowest BCUT2D eigenvalue weighted by Crippen LogP contribution is -2.53. The van der Waals surface area contributed by atoms with E-state index in [4.69, 9.17) is 10.8 Å². The van der Waals surface area contributed by atoms with E-state index in [9.17, 15) is 19.2 Å². The summed E-state index contributed by atoms with van der Waals surface area (Å²) in [7, 11) is 0. The molecule has 19 heavy (non-hydrogen) atoms. The minimum Gasteiger partial charge on any atom is -0.480 e. The highest BCUT2D eigenvalue weighted by Gasteiger charge is 2.28. The Morgan fingerprint density at radius 1 is 1.00 bits per heavy atom. The van der Waals surface area contributed by atoms with Crippen LogP contribution in [0.4, 0.5) is 0 Å². The Kier molecular flexibility index (Phi) is 6.48. The Hall–Kier alpha value is -2.16. The second kappa shape index (κ2) is 7.31. The number of carbonyl (C=O) groups is 4. The fourth-order valence-corrected chi connectivity index (χ4v) is 0.939. The number of nitrogens with two attached hydrogens (primary N) is 1. The van der Waals surface area contributed by atoms with Gasteiger partial charge in [0.15, 0.2) is 0 Å². The van der Waals surface area contributed by atoms with E-state index >= 15 is 0 Å². The van der Waals surface area contributed by atoms with Crippen LogP contribution in [0.15, 0.2) is 0 Å². The van der Waals surface area contributed by atoms with Gasteiger partial charge in [-0.05, 0) is 13.8 Å². The summed E-state index contributed by atoms with van der Waals surface area (Å²) >= 11 is 0. The maximum atomic E-state index is 11.4. The summed E-state index contributed by atoms with van der Waals surface area (Å²) in [5.41, 5.74) is 3.59. The Bertz CT molecular complexity index is 380. The van der Waals surface area contributed by atoms with Crippen molar-refractivity contribution >= 4 is 23.7 Å². The molecule has 0 heterocycles. The number of hydrogen-bond acceptors (Lipinski definition) is 5. The van der Waals surface area contributed by atoms with Crippen molar-refractivity contribution in [1.82, 2.24) is 16.0 Å². The van der Waals surface area contributed by atoms with Crippen LogP contribution in [0.25, 0.3) is 0 Å². The van der Waals surface area contributed by atoms with E-state index in [2.05, 4.69) is 16.0 Å². The lowest BCUT2D eigenvalue weighted by Gasteiger charge is -2.21. The number of nitrogens with one attached hydrogen (secondary N) is 3. The van der Waals surface area contributed by atoms with Gasteiger partial charge >= 0.3 is 5.97 Å². The highest BCUT2D eigenvalue weighted by atomic mass is 16.4. The van der Waals surface area contributed by atoms with Crippen LogP contribution < -0.4 is 21.7 Å². The molecule has 0 saturated heterocycles. The molecule has 0 rings (SSSR count). The number of hydrogen-bond donors (Lipinski definition) is 5. The van der Waals surface area contributed by atoms with Crippen molar-refractivity contribution in [1.29, 1.82) is 0 Å². The first kappa shape index (κ1) is 16.8. The van der Waals surface area contributed by atoms with Crippen molar-refractivity contribution in [3.63, 3.8) is 0 Å². The maximum absolute atomic E-state index is 11.4.